The van der Waals surface area contributed by atoms with E-state index in [1.807, 2.05) is 36.4 Å². The number of hydrogen-bond acceptors (Lipinski definition) is 4. The molecule has 0 heterocycles. The number of halogens is 1. The van der Waals surface area contributed by atoms with Crippen LogP contribution in [0, 0.1) is 0 Å². The largest absolute Gasteiger partial charge is 0.380 e. The Morgan fingerprint density at radius 3 is 2.62 bits per heavy atom. The summed E-state index contributed by atoms with van der Waals surface area (Å²) in [6, 6.07) is 15.4. The summed E-state index contributed by atoms with van der Waals surface area (Å²) in [6.07, 6.45) is -0.0780. The molecule has 0 spiro atoms. The average molecular weight is 348 g/mol. The number of ether oxygens (including phenoxy) is 1. The Hall–Kier alpha value is -2.08. The summed E-state index contributed by atoms with van der Waals surface area (Å²) in [5.74, 6) is -0.159. The lowest BCUT2D eigenvalue weighted by Gasteiger charge is -2.14. The highest BCUT2D eigenvalue weighted by Crippen LogP contribution is 2.26. The highest BCUT2D eigenvalue weighted by atomic mass is 35.5. The third-order valence-electron chi connectivity index (χ3n) is 3.59. The van der Waals surface area contributed by atoms with Crippen LogP contribution in [0.3, 0.4) is 0 Å². The lowest BCUT2D eigenvalue weighted by molar-refractivity contribution is -0.118. The van der Waals surface area contributed by atoms with Gasteiger partial charge in [-0.15, -0.1) is 0 Å². The van der Waals surface area contributed by atoms with Crippen molar-refractivity contribution in [1.29, 1.82) is 0 Å². The van der Waals surface area contributed by atoms with Gasteiger partial charge >= 0.3 is 0 Å². The number of amides is 1. The van der Waals surface area contributed by atoms with E-state index in [9.17, 15) is 4.79 Å². The molecule has 6 heteroatoms. The van der Waals surface area contributed by atoms with E-state index in [1.54, 1.807) is 12.1 Å². The molecule has 0 aliphatic carbocycles. The molecule has 1 unspecified atom stereocenters. The van der Waals surface area contributed by atoms with Gasteiger partial charge in [-0.2, -0.15) is 0 Å². The van der Waals surface area contributed by atoms with Crippen LogP contribution in [0.1, 0.15) is 12.0 Å². The van der Waals surface area contributed by atoms with E-state index in [2.05, 4.69) is 10.6 Å². The Kier molecular flexibility index (Phi) is 7.06. The number of anilines is 2. The second-order valence-electron chi connectivity index (χ2n) is 5.38. The molecule has 0 radical (unpaired) electrons. The highest BCUT2D eigenvalue weighted by molar-refractivity contribution is 6.33. The molecule has 4 N–H and O–H groups in total. The van der Waals surface area contributed by atoms with Gasteiger partial charge in [-0.3, -0.25) is 4.79 Å². The summed E-state index contributed by atoms with van der Waals surface area (Å²) < 4.78 is 5.10. The van der Waals surface area contributed by atoms with Crippen molar-refractivity contribution >= 4 is 28.9 Å². The molecule has 0 bridgehead atoms. The molecule has 0 aromatic heterocycles. The van der Waals surface area contributed by atoms with E-state index in [0.717, 1.165) is 5.69 Å². The monoisotopic (exact) mass is 347 g/mol. The number of carbonyl (C=O) groups is 1. The molecule has 1 amide bonds. The molecule has 0 fully saturated rings. The normalized spacial score (nSPS) is 11.8. The fourth-order valence-electron chi connectivity index (χ4n) is 2.21. The first-order chi connectivity index (χ1) is 11.6. The maximum absolute atomic E-state index is 11.9. The zero-order valence-corrected chi connectivity index (χ0v) is 14.3. The van der Waals surface area contributed by atoms with Crippen molar-refractivity contribution < 1.29 is 9.53 Å². The molecular weight excluding hydrogens is 326 g/mol. The van der Waals surface area contributed by atoms with E-state index in [0.29, 0.717) is 23.8 Å². The highest BCUT2D eigenvalue weighted by Gasteiger charge is 2.12. The molecule has 128 valence electrons. The Balaban J connectivity index is 1.93. The molecule has 0 saturated carbocycles. The Bertz CT molecular complexity index is 661. The molecule has 1 atom stereocenters. The van der Waals surface area contributed by atoms with Crippen LogP contribution in [-0.2, 0) is 16.1 Å². The van der Waals surface area contributed by atoms with Crippen LogP contribution in [0.4, 0.5) is 11.4 Å². The summed E-state index contributed by atoms with van der Waals surface area (Å²) in [5, 5.41) is 6.62. The van der Waals surface area contributed by atoms with E-state index < -0.39 is 0 Å². The first-order valence-corrected chi connectivity index (χ1v) is 8.10. The van der Waals surface area contributed by atoms with Crippen LogP contribution in [-0.4, -0.2) is 25.7 Å². The van der Waals surface area contributed by atoms with Gasteiger partial charge in [-0.05, 0) is 23.8 Å². The fourth-order valence-corrected chi connectivity index (χ4v) is 2.46. The number of nitrogens with two attached hydrogens (primary N) is 1. The third kappa shape index (κ3) is 5.53. The number of carbonyl (C=O) groups excluding carboxylic acids is 1. The SMILES string of the molecule is COC(CN)CC(=O)Nc1ccc(NCc2ccccc2)c(Cl)c1. The van der Waals surface area contributed by atoms with Crippen LogP contribution in [0.5, 0.6) is 0 Å². The first kappa shape index (κ1) is 18.3. The van der Waals surface area contributed by atoms with Gasteiger partial charge in [0.25, 0.3) is 0 Å². The van der Waals surface area contributed by atoms with Crippen molar-refractivity contribution in [3.63, 3.8) is 0 Å². The molecule has 2 rings (SSSR count). The summed E-state index contributed by atoms with van der Waals surface area (Å²) in [7, 11) is 1.54. The lowest BCUT2D eigenvalue weighted by atomic mass is 10.2. The van der Waals surface area contributed by atoms with Gasteiger partial charge < -0.3 is 21.1 Å². The van der Waals surface area contributed by atoms with Gasteiger partial charge in [0.1, 0.15) is 0 Å². The summed E-state index contributed by atoms with van der Waals surface area (Å²) in [6.45, 7) is 0.977. The second kappa shape index (κ2) is 9.27. The number of nitrogens with one attached hydrogen (secondary N) is 2. The van der Waals surface area contributed by atoms with Crippen molar-refractivity contribution in [3.05, 3.63) is 59.1 Å². The molecule has 0 aliphatic heterocycles. The van der Waals surface area contributed by atoms with E-state index in [-0.39, 0.29) is 18.4 Å². The Labute approximate surface area is 147 Å². The zero-order chi connectivity index (χ0) is 17.4. The maximum atomic E-state index is 11.9. The molecule has 2 aromatic rings. The summed E-state index contributed by atoms with van der Waals surface area (Å²) >= 11 is 6.28. The summed E-state index contributed by atoms with van der Waals surface area (Å²) in [5.41, 5.74) is 8.14. The number of rotatable bonds is 8. The quantitative estimate of drug-likeness (QED) is 0.685. The van der Waals surface area contributed by atoms with Crippen molar-refractivity contribution in [3.8, 4) is 0 Å². The van der Waals surface area contributed by atoms with E-state index in [1.165, 1.54) is 12.7 Å². The van der Waals surface area contributed by atoms with E-state index in [4.69, 9.17) is 22.1 Å². The maximum Gasteiger partial charge on any atom is 0.227 e. The topological polar surface area (TPSA) is 76.4 Å². The fraction of sp³-hybridized carbons (Fsp3) is 0.278. The number of hydrogen-bond donors (Lipinski definition) is 3. The third-order valence-corrected chi connectivity index (χ3v) is 3.90. The molecule has 0 aliphatic rings. The van der Waals surface area contributed by atoms with Crippen LogP contribution in [0.2, 0.25) is 5.02 Å². The van der Waals surface area contributed by atoms with Crippen LogP contribution < -0.4 is 16.4 Å². The lowest BCUT2D eigenvalue weighted by Crippen LogP contribution is -2.28. The van der Waals surface area contributed by atoms with E-state index >= 15 is 0 Å². The number of methoxy groups -OCH3 is 1. The van der Waals surface area contributed by atoms with Gasteiger partial charge in [0.15, 0.2) is 0 Å². The van der Waals surface area contributed by atoms with Crippen molar-refractivity contribution in [2.45, 2.75) is 19.1 Å². The van der Waals surface area contributed by atoms with Gasteiger partial charge in [0.2, 0.25) is 5.91 Å². The Morgan fingerprint density at radius 2 is 2.00 bits per heavy atom. The van der Waals surface area contributed by atoms with Gasteiger partial charge in [0.05, 0.1) is 23.2 Å². The van der Waals surface area contributed by atoms with Crippen LogP contribution in [0.15, 0.2) is 48.5 Å². The molecule has 0 saturated heterocycles. The van der Waals surface area contributed by atoms with Crippen LogP contribution in [0.25, 0.3) is 0 Å². The van der Waals surface area contributed by atoms with Crippen molar-refractivity contribution in [2.75, 3.05) is 24.3 Å². The standard InChI is InChI=1S/C18H22ClN3O2/c1-24-15(11-20)10-18(23)22-14-7-8-17(16(19)9-14)21-12-13-5-3-2-4-6-13/h2-9,15,21H,10-12,20H2,1H3,(H,22,23). The molecule has 24 heavy (non-hydrogen) atoms. The average Bonchev–Trinajstić information content (AvgIpc) is 2.60. The zero-order valence-electron chi connectivity index (χ0n) is 13.6. The van der Waals surface area contributed by atoms with Crippen molar-refractivity contribution in [2.24, 2.45) is 5.73 Å². The smallest absolute Gasteiger partial charge is 0.227 e. The van der Waals surface area contributed by atoms with Crippen LogP contribution >= 0.6 is 11.6 Å². The minimum Gasteiger partial charge on any atom is -0.380 e. The van der Waals surface area contributed by atoms with Crippen molar-refractivity contribution in [1.82, 2.24) is 0 Å². The minimum atomic E-state index is -0.285. The predicted molar refractivity (Wildman–Crippen MR) is 98.3 cm³/mol. The second-order valence-corrected chi connectivity index (χ2v) is 5.79. The molecular formula is C18H22ClN3O2. The van der Waals surface area contributed by atoms with Gasteiger partial charge in [0, 0.05) is 25.9 Å². The predicted octanol–water partition coefficient (Wildman–Crippen LogP) is 3.25. The first-order valence-electron chi connectivity index (χ1n) is 7.72. The minimum absolute atomic E-state index is 0.159. The molecule has 5 nitrogen and oxygen atoms in total. The number of benzene rings is 2. The van der Waals surface area contributed by atoms with Gasteiger partial charge in [-0.1, -0.05) is 41.9 Å². The van der Waals surface area contributed by atoms with Gasteiger partial charge in [-0.25, -0.2) is 0 Å². The summed E-state index contributed by atoms with van der Waals surface area (Å²) in [4.78, 5) is 11.9. The Morgan fingerprint density at radius 1 is 1.25 bits per heavy atom. The molecule has 2 aromatic carbocycles.